The summed E-state index contributed by atoms with van der Waals surface area (Å²) in [6.07, 6.45) is 2.52. The molecule has 7 nitrogen and oxygen atoms in total. The number of benzene rings is 3. The summed E-state index contributed by atoms with van der Waals surface area (Å²) in [4.78, 5) is 16.0. The van der Waals surface area contributed by atoms with Gasteiger partial charge in [-0.1, -0.05) is 36.4 Å². The van der Waals surface area contributed by atoms with Gasteiger partial charge < -0.3 is 15.1 Å². The highest BCUT2D eigenvalue weighted by molar-refractivity contribution is 7.89. The van der Waals surface area contributed by atoms with Crippen LogP contribution in [0.2, 0.25) is 0 Å². The van der Waals surface area contributed by atoms with E-state index in [2.05, 4.69) is 10.0 Å². The second-order valence-electron chi connectivity index (χ2n) is 9.55. The summed E-state index contributed by atoms with van der Waals surface area (Å²) in [7, 11) is -3.97. The lowest BCUT2D eigenvalue weighted by atomic mass is 9.88. The maximum absolute atomic E-state index is 14.3. The number of carbonyl (C=O) groups excluding carboxylic acids is 1. The third-order valence-corrected chi connectivity index (χ3v) is 8.88. The molecule has 1 atom stereocenters. The number of para-hydroxylation sites is 1. The second kappa shape index (κ2) is 11.3. The lowest BCUT2D eigenvalue weighted by Crippen LogP contribution is -2.47. The Kier molecular flexibility index (Phi) is 7.88. The van der Waals surface area contributed by atoms with Crippen LogP contribution in [0.15, 0.2) is 71.6 Å². The van der Waals surface area contributed by atoms with Crippen molar-refractivity contribution in [3.63, 3.8) is 0 Å². The number of rotatable bonds is 7. The number of aryl methyl sites for hydroxylation is 1. The average molecular weight is 557 g/mol. The van der Waals surface area contributed by atoms with E-state index in [-0.39, 0.29) is 22.6 Å². The summed E-state index contributed by atoms with van der Waals surface area (Å²) in [6, 6.07) is 19.1. The Bertz CT molecular complexity index is 1430. The fourth-order valence-corrected chi connectivity index (χ4v) is 6.85. The highest BCUT2D eigenvalue weighted by atomic mass is 35.5. The summed E-state index contributed by atoms with van der Waals surface area (Å²) in [5.74, 6) is -0.935. The summed E-state index contributed by atoms with van der Waals surface area (Å²) < 4.78 is 45.0. The van der Waals surface area contributed by atoms with Gasteiger partial charge in [0.1, 0.15) is 16.6 Å². The van der Waals surface area contributed by atoms with Crippen LogP contribution in [0.4, 0.5) is 21.5 Å². The van der Waals surface area contributed by atoms with E-state index < -0.39 is 15.9 Å². The summed E-state index contributed by atoms with van der Waals surface area (Å²) in [6.45, 7) is 2.09. The number of fused-ring (bicyclic) bond motifs is 1. The maximum Gasteiger partial charge on any atom is 0.243 e. The molecule has 0 bridgehead atoms. The Labute approximate surface area is 227 Å². The molecular formula is C28H30ClFN4O3S. The van der Waals surface area contributed by atoms with Crippen molar-refractivity contribution in [1.29, 1.82) is 0 Å². The molecule has 0 saturated carbocycles. The van der Waals surface area contributed by atoms with E-state index in [1.54, 1.807) is 30.3 Å². The van der Waals surface area contributed by atoms with Gasteiger partial charge in [-0.2, -0.15) is 0 Å². The van der Waals surface area contributed by atoms with E-state index in [9.17, 15) is 17.6 Å². The molecule has 2 N–H and O–H groups in total. The minimum Gasteiger partial charge on any atom is -0.367 e. The molecule has 0 spiro atoms. The fraction of sp³-hybridized carbons (Fsp3) is 0.321. The van der Waals surface area contributed by atoms with Gasteiger partial charge in [0, 0.05) is 37.9 Å². The highest BCUT2D eigenvalue weighted by Gasteiger charge is 2.30. The molecule has 200 valence electrons. The van der Waals surface area contributed by atoms with Gasteiger partial charge in [0.2, 0.25) is 15.9 Å². The zero-order valence-corrected chi connectivity index (χ0v) is 22.4. The zero-order valence-electron chi connectivity index (χ0n) is 20.9. The predicted molar refractivity (Wildman–Crippen MR) is 149 cm³/mol. The Morgan fingerprint density at radius 3 is 2.37 bits per heavy atom. The number of carbonyl (C=O) groups is 1. The molecule has 3 aromatic rings. The minimum absolute atomic E-state index is 0.0901. The number of anilines is 3. The normalized spacial score (nSPS) is 17.7. The van der Waals surface area contributed by atoms with Crippen molar-refractivity contribution in [2.24, 2.45) is 0 Å². The van der Waals surface area contributed by atoms with Crippen molar-refractivity contribution in [3.8, 4) is 0 Å². The molecule has 1 aliphatic carbocycles. The Hall–Kier alpha value is -3.14. The molecule has 2 aliphatic rings. The van der Waals surface area contributed by atoms with Gasteiger partial charge in [0.05, 0.1) is 11.4 Å². The zero-order chi connectivity index (χ0) is 26.7. The van der Waals surface area contributed by atoms with Gasteiger partial charge in [-0.05, 0) is 60.7 Å². The molecule has 1 heterocycles. The second-order valence-corrected chi connectivity index (χ2v) is 11.5. The molecular weight excluding hydrogens is 527 g/mol. The minimum atomic E-state index is -3.97. The first-order chi connectivity index (χ1) is 18.4. The summed E-state index contributed by atoms with van der Waals surface area (Å²) >= 11 is 5.65. The van der Waals surface area contributed by atoms with Crippen LogP contribution >= 0.6 is 11.6 Å². The van der Waals surface area contributed by atoms with E-state index in [0.29, 0.717) is 49.7 Å². The predicted octanol–water partition coefficient (Wildman–Crippen LogP) is 4.69. The number of piperazine rings is 1. The molecule has 1 fully saturated rings. The van der Waals surface area contributed by atoms with Gasteiger partial charge >= 0.3 is 0 Å². The molecule has 10 heteroatoms. The number of sulfonamides is 1. The first kappa shape index (κ1) is 26.5. The smallest absolute Gasteiger partial charge is 0.243 e. The lowest BCUT2D eigenvalue weighted by Gasteiger charge is -2.38. The maximum atomic E-state index is 14.3. The van der Waals surface area contributed by atoms with E-state index in [1.807, 2.05) is 34.1 Å². The summed E-state index contributed by atoms with van der Waals surface area (Å²) in [5.41, 5.74) is 3.58. The highest BCUT2D eigenvalue weighted by Crippen LogP contribution is 2.34. The Balaban J connectivity index is 1.44. The van der Waals surface area contributed by atoms with Crippen molar-refractivity contribution in [2.75, 3.05) is 47.2 Å². The topological polar surface area (TPSA) is 81.8 Å². The van der Waals surface area contributed by atoms with Crippen LogP contribution < -0.4 is 19.8 Å². The summed E-state index contributed by atoms with van der Waals surface area (Å²) in [5, 5.41) is 2.66. The molecule has 1 saturated heterocycles. The van der Waals surface area contributed by atoms with Crippen LogP contribution in [0.1, 0.15) is 30.0 Å². The van der Waals surface area contributed by atoms with Gasteiger partial charge in [-0.25, -0.2) is 17.5 Å². The SMILES string of the molecule is O=C(CCl)Nc1ccc(N2CCN(c3ccccc3F)CC2)c(S(=O)(=O)NC2CCCc3ccccc32)c1. The van der Waals surface area contributed by atoms with Crippen LogP contribution in [0, 0.1) is 5.82 Å². The van der Waals surface area contributed by atoms with E-state index in [1.165, 1.54) is 12.1 Å². The Morgan fingerprint density at radius 1 is 0.947 bits per heavy atom. The molecule has 38 heavy (non-hydrogen) atoms. The molecule has 0 aromatic heterocycles. The van der Waals surface area contributed by atoms with Crippen molar-refractivity contribution < 1.29 is 17.6 Å². The average Bonchev–Trinajstić information content (AvgIpc) is 2.93. The molecule has 1 unspecified atom stereocenters. The first-order valence-electron chi connectivity index (χ1n) is 12.7. The molecule has 5 rings (SSSR count). The van der Waals surface area contributed by atoms with Crippen LogP contribution in [0.3, 0.4) is 0 Å². The molecule has 1 amide bonds. The van der Waals surface area contributed by atoms with Crippen molar-refractivity contribution in [3.05, 3.63) is 83.7 Å². The number of hydrogen-bond acceptors (Lipinski definition) is 5. The molecule has 0 radical (unpaired) electrons. The monoisotopic (exact) mass is 556 g/mol. The van der Waals surface area contributed by atoms with Crippen molar-refractivity contribution in [1.82, 2.24) is 4.72 Å². The van der Waals surface area contributed by atoms with Gasteiger partial charge in [0.25, 0.3) is 0 Å². The number of halogens is 2. The molecule has 1 aliphatic heterocycles. The first-order valence-corrected chi connectivity index (χ1v) is 14.7. The van der Waals surface area contributed by atoms with E-state index in [4.69, 9.17) is 11.6 Å². The Morgan fingerprint density at radius 2 is 1.63 bits per heavy atom. The number of nitrogens with one attached hydrogen (secondary N) is 2. The van der Waals surface area contributed by atoms with Gasteiger partial charge in [0.15, 0.2) is 0 Å². The van der Waals surface area contributed by atoms with Crippen molar-refractivity contribution in [2.45, 2.75) is 30.2 Å². The van der Waals surface area contributed by atoms with E-state index in [0.717, 1.165) is 24.0 Å². The molecule has 3 aromatic carbocycles. The largest absolute Gasteiger partial charge is 0.367 e. The van der Waals surface area contributed by atoms with Crippen LogP contribution in [0.25, 0.3) is 0 Å². The number of amides is 1. The van der Waals surface area contributed by atoms with Crippen molar-refractivity contribution >= 4 is 44.6 Å². The van der Waals surface area contributed by atoms with Crippen LogP contribution in [0.5, 0.6) is 0 Å². The van der Waals surface area contributed by atoms with Crippen LogP contribution in [-0.2, 0) is 21.2 Å². The third kappa shape index (κ3) is 5.65. The number of hydrogen-bond donors (Lipinski definition) is 2. The van der Waals surface area contributed by atoms with Gasteiger partial charge in [-0.15, -0.1) is 11.6 Å². The number of alkyl halides is 1. The third-order valence-electron chi connectivity index (χ3n) is 7.13. The fourth-order valence-electron chi connectivity index (χ4n) is 5.29. The quantitative estimate of drug-likeness (QED) is 0.413. The van der Waals surface area contributed by atoms with Crippen LogP contribution in [-0.4, -0.2) is 46.4 Å². The standard InChI is InChI=1S/C28H30ClFN4O3S/c29-19-28(35)31-21-12-13-26(34-16-14-33(15-17-34)25-11-4-3-9-23(25)30)27(18-21)38(36,37)32-24-10-5-7-20-6-1-2-8-22(20)24/h1-4,6,8-9,11-13,18,24,32H,5,7,10,14-17,19H2,(H,31,35). The number of nitrogens with zero attached hydrogens (tertiary/aromatic N) is 2. The van der Waals surface area contributed by atoms with Gasteiger partial charge in [-0.3, -0.25) is 4.79 Å². The van der Waals surface area contributed by atoms with E-state index >= 15 is 0 Å². The lowest BCUT2D eigenvalue weighted by molar-refractivity contribution is -0.113.